The van der Waals surface area contributed by atoms with Gasteiger partial charge < -0.3 is 34.3 Å². The molecule has 0 aromatic heterocycles. The Morgan fingerprint density at radius 1 is 1.03 bits per heavy atom. The van der Waals surface area contributed by atoms with Gasteiger partial charge in [-0.05, 0) is 26.7 Å². The zero-order chi connectivity index (χ0) is 24.3. The summed E-state index contributed by atoms with van der Waals surface area (Å²) < 4.78 is 22.0. The van der Waals surface area contributed by atoms with Crippen LogP contribution in [-0.2, 0) is 38.1 Å². The zero-order valence-electron chi connectivity index (χ0n) is 18.6. The van der Waals surface area contributed by atoms with Crippen molar-refractivity contribution < 1.29 is 53.4 Å². The molecule has 2 aliphatic carbocycles. The van der Waals surface area contributed by atoms with E-state index in [0.717, 1.165) is 20.8 Å². The van der Waals surface area contributed by atoms with Gasteiger partial charge in [-0.1, -0.05) is 0 Å². The molecule has 3 aliphatic rings. The van der Waals surface area contributed by atoms with Crippen LogP contribution in [-0.4, -0.2) is 80.4 Å². The number of rotatable bonds is 4. The molecule has 1 heterocycles. The molecular formula is C21H28O11. The minimum absolute atomic E-state index is 0.114. The highest BCUT2D eigenvalue weighted by molar-refractivity contribution is 5.95. The highest BCUT2D eigenvalue weighted by Gasteiger charge is 2.81. The predicted molar refractivity (Wildman–Crippen MR) is 104 cm³/mol. The van der Waals surface area contributed by atoms with Crippen molar-refractivity contribution in [2.24, 2.45) is 0 Å². The predicted octanol–water partition coefficient (Wildman–Crippen LogP) is -0.564. The van der Waals surface area contributed by atoms with Crippen molar-refractivity contribution >= 4 is 23.9 Å². The molecule has 3 rings (SSSR count). The molecule has 1 spiro atoms. The molecule has 11 nitrogen and oxygen atoms in total. The fraction of sp³-hybridized carbons (Fsp3) is 0.714. The summed E-state index contributed by atoms with van der Waals surface area (Å²) in [6.07, 6.45) is -3.57. The van der Waals surface area contributed by atoms with Crippen LogP contribution in [0.25, 0.3) is 0 Å². The largest absolute Gasteiger partial charge is 0.458 e. The van der Waals surface area contributed by atoms with Crippen LogP contribution in [0, 0.1) is 0 Å². The van der Waals surface area contributed by atoms with Crippen LogP contribution >= 0.6 is 0 Å². The molecule has 0 bridgehead atoms. The van der Waals surface area contributed by atoms with Gasteiger partial charge in [0.2, 0.25) is 5.60 Å². The number of ether oxygens (including phenoxy) is 4. The SMILES string of the molecule is CC(=O)O[C@H]1C[C@@](C)(OC(C)=O)[C@@]2(O)CC[C@@](C)(O)[C@H](OC(C)=O)[C@]23OC(=O)C(CO)=C13. The quantitative estimate of drug-likeness (QED) is 0.366. The second-order valence-corrected chi connectivity index (χ2v) is 9.01. The van der Waals surface area contributed by atoms with Crippen LogP contribution in [0.15, 0.2) is 11.1 Å². The van der Waals surface area contributed by atoms with Gasteiger partial charge in [0.1, 0.15) is 17.3 Å². The molecule has 2 fully saturated rings. The number of carbonyl (C=O) groups excluding carboxylic acids is 4. The Labute approximate surface area is 184 Å². The third kappa shape index (κ3) is 3.22. The monoisotopic (exact) mass is 456 g/mol. The van der Waals surface area contributed by atoms with Gasteiger partial charge in [-0.25, -0.2) is 4.79 Å². The molecule has 6 atom stereocenters. The van der Waals surface area contributed by atoms with E-state index in [1.54, 1.807) is 0 Å². The summed E-state index contributed by atoms with van der Waals surface area (Å²) in [6, 6.07) is 0. The van der Waals surface area contributed by atoms with Crippen LogP contribution < -0.4 is 0 Å². The van der Waals surface area contributed by atoms with E-state index >= 15 is 0 Å². The Morgan fingerprint density at radius 3 is 2.12 bits per heavy atom. The average molecular weight is 456 g/mol. The van der Waals surface area contributed by atoms with E-state index in [1.165, 1.54) is 13.8 Å². The second kappa shape index (κ2) is 7.53. The van der Waals surface area contributed by atoms with Gasteiger partial charge >= 0.3 is 23.9 Å². The lowest BCUT2D eigenvalue weighted by Gasteiger charge is -2.63. The van der Waals surface area contributed by atoms with Gasteiger partial charge in [-0.15, -0.1) is 0 Å². The summed E-state index contributed by atoms with van der Waals surface area (Å²) in [5.74, 6) is -3.40. The van der Waals surface area contributed by atoms with Gasteiger partial charge in [-0.3, -0.25) is 14.4 Å². The van der Waals surface area contributed by atoms with E-state index in [1.807, 2.05) is 0 Å². The van der Waals surface area contributed by atoms with E-state index in [9.17, 15) is 34.5 Å². The normalized spacial score (nSPS) is 40.7. The first kappa shape index (κ1) is 24.1. The third-order valence-corrected chi connectivity index (χ3v) is 6.66. The highest BCUT2D eigenvalue weighted by atomic mass is 16.6. The summed E-state index contributed by atoms with van der Waals surface area (Å²) in [4.78, 5) is 48.7. The molecule has 0 saturated heterocycles. The fourth-order valence-corrected chi connectivity index (χ4v) is 5.49. The highest BCUT2D eigenvalue weighted by Crippen LogP contribution is 2.63. The molecule has 32 heavy (non-hydrogen) atoms. The molecule has 3 N–H and O–H groups in total. The van der Waals surface area contributed by atoms with Crippen molar-refractivity contribution in [1.82, 2.24) is 0 Å². The first-order valence-electron chi connectivity index (χ1n) is 10.2. The van der Waals surface area contributed by atoms with Crippen molar-refractivity contribution in [1.29, 1.82) is 0 Å². The molecule has 0 aromatic rings. The molecule has 0 amide bonds. The standard InChI is InChI=1S/C21H28O11/c1-10(23)29-14-8-19(5,31-12(3)25)20(28)7-6-18(4,27)17(30-11(2)24)21(20)15(14)13(9-22)16(26)32-21/h14,17,22,27-28H,6-9H2,1-5H3/t14-,17-,18+,19+,20-,21-/m0/s1. The van der Waals surface area contributed by atoms with Gasteiger partial charge in [0.25, 0.3) is 0 Å². The van der Waals surface area contributed by atoms with E-state index in [0.29, 0.717) is 0 Å². The van der Waals surface area contributed by atoms with Crippen molar-refractivity contribution in [2.75, 3.05) is 6.61 Å². The molecule has 178 valence electrons. The number of hydrogen-bond donors (Lipinski definition) is 3. The van der Waals surface area contributed by atoms with Crippen molar-refractivity contribution in [2.45, 2.75) is 88.5 Å². The molecular weight excluding hydrogens is 428 g/mol. The molecule has 0 radical (unpaired) electrons. The maximum Gasteiger partial charge on any atom is 0.337 e. The van der Waals surface area contributed by atoms with Gasteiger partial charge in [0.15, 0.2) is 11.7 Å². The fourth-order valence-electron chi connectivity index (χ4n) is 5.49. The Kier molecular flexibility index (Phi) is 5.68. The van der Waals surface area contributed by atoms with Crippen LogP contribution in [0.2, 0.25) is 0 Å². The molecule has 0 unspecified atom stereocenters. The number of carbonyl (C=O) groups is 4. The Hall–Kier alpha value is -2.50. The van der Waals surface area contributed by atoms with Crippen LogP contribution in [0.1, 0.15) is 53.9 Å². The van der Waals surface area contributed by atoms with Crippen LogP contribution in [0.5, 0.6) is 0 Å². The maximum absolute atomic E-state index is 12.8. The zero-order valence-corrected chi connectivity index (χ0v) is 18.6. The molecule has 0 aromatic carbocycles. The van der Waals surface area contributed by atoms with Crippen molar-refractivity contribution in [3.05, 3.63) is 11.1 Å². The van der Waals surface area contributed by atoms with E-state index in [-0.39, 0.29) is 30.4 Å². The Balaban J connectivity index is 2.40. The lowest BCUT2D eigenvalue weighted by molar-refractivity contribution is -0.324. The van der Waals surface area contributed by atoms with E-state index in [4.69, 9.17) is 18.9 Å². The summed E-state index contributed by atoms with van der Waals surface area (Å²) in [7, 11) is 0. The van der Waals surface area contributed by atoms with Crippen LogP contribution in [0.4, 0.5) is 0 Å². The number of aliphatic hydroxyl groups excluding tert-OH is 1. The lowest BCUT2D eigenvalue weighted by Crippen LogP contribution is -2.82. The Bertz CT molecular complexity index is 905. The second-order valence-electron chi connectivity index (χ2n) is 9.01. The van der Waals surface area contributed by atoms with Gasteiger partial charge in [-0.2, -0.15) is 0 Å². The molecule has 2 saturated carbocycles. The van der Waals surface area contributed by atoms with Crippen molar-refractivity contribution in [3.8, 4) is 0 Å². The third-order valence-electron chi connectivity index (χ3n) is 6.66. The lowest BCUT2D eigenvalue weighted by atomic mass is 9.51. The smallest absolute Gasteiger partial charge is 0.337 e. The van der Waals surface area contributed by atoms with Crippen LogP contribution in [0.3, 0.4) is 0 Å². The summed E-state index contributed by atoms with van der Waals surface area (Å²) >= 11 is 0. The summed E-state index contributed by atoms with van der Waals surface area (Å²) in [5, 5.41) is 33.2. The minimum atomic E-state index is -2.29. The first-order chi connectivity index (χ1) is 14.6. The van der Waals surface area contributed by atoms with Crippen molar-refractivity contribution in [3.63, 3.8) is 0 Å². The Morgan fingerprint density at radius 2 is 1.62 bits per heavy atom. The first-order valence-corrected chi connectivity index (χ1v) is 10.2. The topological polar surface area (TPSA) is 166 Å². The number of aliphatic hydroxyl groups is 3. The number of esters is 4. The summed E-state index contributed by atoms with van der Waals surface area (Å²) in [6.45, 7) is 5.22. The molecule has 1 aliphatic heterocycles. The maximum atomic E-state index is 12.8. The van der Waals surface area contributed by atoms with Gasteiger partial charge in [0.05, 0.1) is 12.2 Å². The minimum Gasteiger partial charge on any atom is -0.458 e. The molecule has 11 heteroatoms. The summed E-state index contributed by atoms with van der Waals surface area (Å²) in [5.41, 5.74) is -8.51. The van der Waals surface area contributed by atoms with Gasteiger partial charge in [0, 0.05) is 32.8 Å². The van der Waals surface area contributed by atoms with E-state index in [2.05, 4.69) is 0 Å². The van der Waals surface area contributed by atoms with E-state index < -0.39 is 65.1 Å². The average Bonchev–Trinajstić information content (AvgIpc) is 2.93. The number of hydrogen-bond acceptors (Lipinski definition) is 11.